The summed E-state index contributed by atoms with van der Waals surface area (Å²) in [7, 11) is 1.83. The second-order valence-electron chi connectivity index (χ2n) is 7.97. The van der Waals surface area contributed by atoms with Gasteiger partial charge >= 0.3 is 0 Å². The lowest BCUT2D eigenvalue weighted by Crippen LogP contribution is -2.30. The van der Waals surface area contributed by atoms with Crippen molar-refractivity contribution in [2.75, 3.05) is 7.05 Å². The Balaban J connectivity index is 1.56. The van der Waals surface area contributed by atoms with Crippen LogP contribution in [0.1, 0.15) is 39.5 Å². The van der Waals surface area contributed by atoms with Gasteiger partial charge in [-0.1, -0.05) is 6.07 Å². The van der Waals surface area contributed by atoms with Gasteiger partial charge < -0.3 is 10.6 Å². The first-order chi connectivity index (χ1) is 16.8. The van der Waals surface area contributed by atoms with Gasteiger partial charge in [0.05, 0.1) is 6.04 Å². The highest BCUT2D eigenvalue weighted by molar-refractivity contribution is 7.15. The van der Waals surface area contributed by atoms with Crippen molar-refractivity contribution in [1.29, 1.82) is 0 Å². The molecule has 0 bridgehead atoms. The van der Waals surface area contributed by atoms with E-state index in [2.05, 4.69) is 20.7 Å². The van der Waals surface area contributed by atoms with Crippen LogP contribution in [0.2, 0.25) is 0 Å². The van der Waals surface area contributed by atoms with E-state index in [1.807, 2.05) is 32.2 Å². The molecule has 0 aliphatic carbocycles. The van der Waals surface area contributed by atoms with E-state index in [-0.39, 0.29) is 23.2 Å². The van der Waals surface area contributed by atoms with Crippen molar-refractivity contribution in [2.24, 2.45) is 0 Å². The summed E-state index contributed by atoms with van der Waals surface area (Å²) in [6.07, 6.45) is 1.25. The Morgan fingerprint density at radius 2 is 1.97 bits per heavy atom. The van der Waals surface area contributed by atoms with E-state index in [1.165, 1.54) is 41.8 Å². The number of hydrogen-bond donors (Lipinski definition) is 2. The lowest BCUT2D eigenvalue weighted by Gasteiger charge is -2.13. The largest absolute Gasteiger partial charge is 0.343 e. The second kappa shape index (κ2) is 10.2. The molecule has 0 saturated carbocycles. The summed E-state index contributed by atoms with van der Waals surface area (Å²) in [6, 6.07) is 12.0. The number of thiophene rings is 1. The summed E-state index contributed by atoms with van der Waals surface area (Å²) in [5, 5.41) is 9.97. The minimum absolute atomic E-state index is 0.0478. The maximum Gasteiger partial charge on any atom is 0.272 e. The molecule has 3 aromatic heterocycles. The average molecular weight is 496 g/mol. The Bertz CT molecular complexity index is 1450. The number of nitrogens with one attached hydrogen (secondary N) is 2. The molecule has 0 saturated heterocycles. The molecule has 0 spiro atoms. The Morgan fingerprint density at radius 1 is 1.17 bits per heavy atom. The summed E-state index contributed by atoms with van der Waals surface area (Å²) in [6.45, 7) is 4.14. The predicted molar refractivity (Wildman–Crippen MR) is 131 cm³/mol. The van der Waals surface area contributed by atoms with Gasteiger partial charge in [-0.05, 0) is 74.0 Å². The zero-order valence-corrected chi connectivity index (χ0v) is 20.1. The van der Waals surface area contributed by atoms with Gasteiger partial charge in [0.1, 0.15) is 17.2 Å². The molecule has 0 aliphatic heterocycles. The number of carbonyl (C=O) groups is 1. The van der Waals surface area contributed by atoms with Crippen LogP contribution in [0.25, 0.3) is 16.1 Å². The zero-order chi connectivity index (χ0) is 25.1. The lowest BCUT2D eigenvalue weighted by atomic mass is 10.0. The first kappa shape index (κ1) is 24.4. The van der Waals surface area contributed by atoms with Gasteiger partial charge in [0.15, 0.2) is 0 Å². The third kappa shape index (κ3) is 5.18. The standard InChI is InChI=1S/C25H23F2N5O2S/c1-14-11-16(13-28-3)17(12-18(14)26)22-8-7-21(35-22)15(2)30-25(34)19-6-9-23(33)32(31-19)20-5-4-10-29-24(20)27/h4-12,15,28H,13H2,1-3H3,(H,30,34)/t15-/m1/s1. The SMILES string of the molecule is CNCc1cc(C)c(F)cc1-c1ccc([C@@H](C)NC(=O)c2ccc(=O)n(-c3cccnc3F)n2)s1. The van der Waals surface area contributed by atoms with Crippen LogP contribution in [0, 0.1) is 18.7 Å². The summed E-state index contributed by atoms with van der Waals surface area (Å²) < 4.78 is 29.1. The molecule has 0 radical (unpaired) electrons. The van der Waals surface area contributed by atoms with Gasteiger partial charge in [-0.2, -0.15) is 14.2 Å². The number of nitrogens with zero attached hydrogens (tertiary/aromatic N) is 3. The number of benzene rings is 1. The predicted octanol–water partition coefficient (Wildman–Crippen LogP) is 4.15. The van der Waals surface area contributed by atoms with Crippen molar-refractivity contribution in [3.8, 4) is 16.1 Å². The number of amides is 1. The molecule has 4 rings (SSSR count). The van der Waals surface area contributed by atoms with E-state index in [4.69, 9.17) is 0 Å². The third-order valence-corrected chi connectivity index (χ3v) is 6.72. The van der Waals surface area contributed by atoms with E-state index >= 15 is 0 Å². The molecule has 2 N–H and O–H groups in total. The minimum atomic E-state index is -0.871. The molecule has 4 aromatic rings. The first-order valence-electron chi connectivity index (χ1n) is 10.8. The highest BCUT2D eigenvalue weighted by Gasteiger charge is 2.18. The van der Waals surface area contributed by atoms with Gasteiger partial charge in [-0.15, -0.1) is 11.3 Å². The molecule has 0 unspecified atom stereocenters. The van der Waals surface area contributed by atoms with E-state index in [9.17, 15) is 18.4 Å². The molecular formula is C25H23F2N5O2S. The topological polar surface area (TPSA) is 88.9 Å². The summed E-state index contributed by atoms with van der Waals surface area (Å²) in [4.78, 5) is 30.3. The Hall–Kier alpha value is -3.76. The molecule has 0 aliphatic rings. The number of carbonyl (C=O) groups excluding carboxylic acids is 1. The second-order valence-corrected chi connectivity index (χ2v) is 9.08. The summed E-state index contributed by atoms with van der Waals surface area (Å²) >= 11 is 1.45. The van der Waals surface area contributed by atoms with Crippen molar-refractivity contribution in [1.82, 2.24) is 25.4 Å². The van der Waals surface area contributed by atoms with Crippen molar-refractivity contribution in [3.63, 3.8) is 0 Å². The third-order valence-electron chi connectivity index (χ3n) is 5.42. The molecule has 1 atom stereocenters. The van der Waals surface area contributed by atoms with E-state index in [1.54, 1.807) is 6.92 Å². The number of aryl methyl sites for hydroxylation is 1. The normalized spacial score (nSPS) is 11.9. The molecular weight excluding hydrogens is 472 g/mol. The summed E-state index contributed by atoms with van der Waals surface area (Å²) in [5.74, 6) is -1.67. The Labute approximate surface area is 204 Å². The van der Waals surface area contributed by atoms with Crippen LogP contribution in [0.3, 0.4) is 0 Å². The van der Waals surface area contributed by atoms with Crippen LogP contribution in [-0.2, 0) is 6.54 Å². The lowest BCUT2D eigenvalue weighted by molar-refractivity contribution is 0.0933. The van der Waals surface area contributed by atoms with Crippen molar-refractivity contribution in [3.05, 3.63) is 98.5 Å². The van der Waals surface area contributed by atoms with Crippen LogP contribution >= 0.6 is 11.3 Å². The van der Waals surface area contributed by atoms with Crippen LogP contribution in [0.15, 0.2) is 59.5 Å². The fraction of sp³-hybridized carbons (Fsp3) is 0.200. The minimum Gasteiger partial charge on any atom is -0.343 e. The Kier molecular flexibility index (Phi) is 7.13. The smallest absolute Gasteiger partial charge is 0.272 e. The highest BCUT2D eigenvalue weighted by atomic mass is 32.1. The highest BCUT2D eigenvalue weighted by Crippen LogP contribution is 2.34. The zero-order valence-electron chi connectivity index (χ0n) is 19.3. The van der Waals surface area contributed by atoms with E-state index in [0.29, 0.717) is 12.1 Å². The molecule has 35 heavy (non-hydrogen) atoms. The maximum absolute atomic E-state index is 14.3. The van der Waals surface area contributed by atoms with Gasteiger partial charge in [-0.25, -0.2) is 9.37 Å². The fourth-order valence-electron chi connectivity index (χ4n) is 3.62. The van der Waals surface area contributed by atoms with Crippen LogP contribution in [0.4, 0.5) is 8.78 Å². The van der Waals surface area contributed by atoms with Crippen LogP contribution in [0.5, 0.6) is 0 Å². The molecule has 10 heteroatoms. The quantitative estimate of drug-likeness (QED) is 0.376. The van der Waals surface area contributed by atoms with Gasteiger partial charge in [-0.3, -0.25) is 9.59 Å². The first-order valence-corrected chi connectivity index (χ1v) is 11.7. The molecule has 1 aromatic carbocycles. The number of rotatable bonds is 7. The maximum atomic E-state index is 14.3. The van der Waals surface area contributed by atoms with Gasteiger partial charge in [0.25, 0.3) is 11.5 Å². The number of aromatic nitrogens is 3. The molecule has 0 fully saturated rings. The number of halogens is 2. The Morgan fingerprint density at radius 3 is 2.71 bits per heavy atom. The van der Waals surface area contributed by atoms with Gasteiger partial charge in [0, 0.05) is 28.6 Å². The van der Waals surface area contributed by atoms with E-state index < -0.39 is 17.4 Å². The molecule has 1 amide bonds. The van der Waals surface area contributed by atoms with Crippen molar-refractivity contribution < 1.29 is 13.6 Å². The summed E-state index contributed by atoms with van der Waals surface area (Å²) in [5.41, 5.74) is 1.57. The van der Waals surface area contributed by atoms with Crippen molar-refractivity contribution in [2.45, 2.75) is 26.4 Å². The van der Waals surface area contributed by atoms with Crippen molar-refractivity contribution >= 4 is 17.2 Å². The monoisotopic (exact) mass is 495 g/mol. The van der Waals surface area contributed by atoms with Gasteiger partial charge in [0.2, 0.25) is 5.95 Å². The molecule has 7 nitrogen and oxygen atoms in total. The number of hydrogen-bond acceptors (Lipinski definition) is 6. The average Bonchev–Trinajstić information content (AvgIpc) is 3.32. The molecule has 180 valence electrons. The fourth-order valence-corrected chi connectivity index (χ4v) is 4.68. The number of pyridine rings is 1. The molecule has 3 heterocycles. The van der Waals surface area contributed by atoms with E-state index in [0.717, 1.165) is 31.6 Å². The van der Waals surface area contributed by atoms with Crippen LogP contribution in [-0.4, -0.2) is 27.7 Å². The van der Waals surface area contributed by atoms with Crippen LogP contribution < -0.4 is 16.2 Å².